The molecule has 0 bridgehead atoms. The fraction of sp³-hybridized carbons (Fsp3) is 0.846. The monoisotopic (exact) mass is 270 g/mol. The molecule has 1 saturated carbocycles. The number of carbonyl (C=O) groups is 2. The van der Waals surface area contributed by atoms with Gasteiger partial charge in [-0.25, -0.2) is 4.79 Å². The lowest BCUT2D eigenvalue weighted by molar-refractivity contribution is -0.153. The first kappa shape index (κ1) is 14.1. The normalized spacial score (nSPS) is 29.5. The van der Waals surface area contributed by atoms with E-state index in [0.29, 0.717) is 26.0 Å². The van der Waals surface area contributed by atoms with Crippen molar-refractivity contribution < 1.29 is 19.4 Å². The third-order valence-corrected chi connectivity index (χ3v) is 4.21. The molecule has 1 aliphatic heterocycles. The highest BCUT2D eigenvalue weighted by Crippen LogP contribution is 2.40. The number of nitrogens with zero attached hydrogens (tertiary/aromatic N) is 1. The maximum atomic E-state index is 12.1. The van der Waals surface area contributed by atoms with E-state index in [1.165, 1.54) is 0 Å². The van der Waals surface area contributed by atoms with E-state index in [-0.39, 0.29) is 24.7 Å². The Bertz CT molecular complexity index is 368. The van der Waals surface area contributed by atoms with Gasteiger partial charge in [0.15, 0.2) is 0 Å². The zero-order valence-electron chi connectivity index (χ0n) is 11.5. The maximum Gasteiger partial charge on any atom is 0.317 e. The minimum atomic E-state index is -0.803. The highest BCUT2D eigenvalue weighted by atomic mass is 16.5. The second kappa shape index (κ2) is 5.36. The lowest BCUT2D eigenvalue weighted by atomic mass is 9.69. The van der Waals surface area contributed by atoms with Crippen LogP contribution in [0.25, 0.3) is 0 Å². The Kier molecular flexibility index (Phi) is 3.99. The smallest absolute Gasteiger partial charge is 0.317 e. The number of nitrogens with one attached hydrogen (secondary N) is 1. The van der Waals surface area contributed by atoms with Gasteiger partial charge in [0.05, 0.1) is 24.2 Å². The molecule has 2 amide bonds. The lowest BCUT2D eigenvalue weighted by Gasteiger charge is -2.40. The van der Waals surface area contributed by atoms with Crippen molar-refractivity contribution >= 4 is 12.0 Å². The summed E-state index contributed by atoms with van der Waals surface area (Å²) < 4.78 is 5.47. The molecule has 1 saturated heterocycles. The second-order valence-corrected chi connectivity index (χ2v) is 5.74. The van der Waals surface area contributed by atoms with Crippen molar-refractivity contribution in [1.82, 2.24) is 10.2 Å². The Labute approximate surface area is 113 Å². The van der Waals surface area contributed by atoms with Crippen LogP contribution in [0.2, 0.25) is 0 Å². The molecule has 19 heavy (non-hydrogen) atoms. The third kappa shape index (κ3) is 2.83. The number of ether oxygens (including phenoxy) is 1. The molecule has 0 aromatic heterocycles. The highest BCUT2D eigenvalue weighted by Gasteiger charge is 2.44. The van der Waals surface area contributed by atoms with Gasteiger partial charge in [0, 0.05) is 13.1 Å². The maximum absolute atomic E-state index is 12.1. The van der Waals surface area contributed by atoms with Crippen LogP contribution in [-0.2, 0) is 9.53 Å². The molecule has 2 aliphatic rings. The number of hydrogen-bond donors (Lipinski definition) is 2. The van der Waals surface area contributed by atoms with Gasteiger partial charge in [0.2, 0.25) is 0 Å². The number of carbonyl (C=O) groups excluding carboxylic acids is 1. The van der Waals surface area contributed by atoms with Crippen molar-refractivity contribution in [3.05, 3.63) is 0 Å². The van der Waals surface area contributed by atoms with E-state index in [0.717, 1.165) is 6.42 Å². The van der Waals surface area contributed by atoms with Crippen LogP contribution in [0.4, 0.5) is 4.79 Å². The summed E-state index contributed by atoms with van der Waals surface area (Å²) in [5, 5.41) is 12.0. The van der Waals surface area contributed by atoms with Gasteiger partial charge < -0.3 is 20.1 Å². The molecule has 2 fully saturated rings. The molecule has 1 heterocycles. The number of hydrogen-bond acceptors (Lipinski definition) is 3. The zero-order valence-corrected chi connectivity index (χ0v) is 11.5. The fourth-order valence-corrected chi connectivity index (χ4v) is 2.60. The van der Waals surface area contributed by atoms with Crippen LogP contribution in [0.3, 0.4) is 0 Å². The van der Waals surface area contributed by atoms with Crippen LogP contribution in [0, 0.1) is 5.41 Å². The number of amides is 2. The summed E-state index contributed by atoms with van der Waals surface area (Å²) in [5.74, 6) is -0.803. The number of carboxylic acids is 1. The molecular weight excluding hydrogens is 248 g/mol. The van der Waals surface area contributed by atoms with Gasteiger partial charge in [-0.3, -0.25) is 4.79 Å². The van der Waals surface area contributed by atoms with Crippen LogP contribution < -0.4 is 5.32 Å². The van der Waals surface area contributed by atoms with Crippen LogP contribution in [0.1, 0.15) is 33.1 Å². The quantitative estimate of drug-likeness (QED) is 0.803. The molecule has 2 unspecified atom stereocenters. The van der Waals surface area contributed by atoms with Gasteiger partial charge in [-0.1, -0.05) is 6.42 Å². The standard InChI is InChI=1S/C13H22N2O4/c1-9-7-19-10(2)6-15(9)12(18)14-8-13(11(16)17)4-3-5-13/h9-10H,3-8H2,1-2H3,(H,14,18)(H,16,17). The summed E-state index contributed by atoms with van der Waals surface area (Å²) in [6.45, 7) is 5.16. The molecule has 0 aromatic rings. The largest absolute Gasteiger partial charge is 0.481 e. The summed E-state index contributed by atoms with van der Waals surface area (Å²) in [6.07, 6.45) is 2.25. The first-order chi connectivity index (χ1) is 8.94. The number of aliphatic carboxylic acids is 1. The van der Waals surface area contributed by atoms with Gasteiger partial charge >= 0.3 is 12.0 Å². The zero-order chi connectivity index (χ0) is 14.0. The van der Waals surface area contributed by atoms with Crippen molar-refractivity contribution in [2.24, 2.45) is 5.41 Å². The minimum absolute atomic E-state index is 0.0263. The third-order valence-electron chi connectivity index (χ3n) is 4.21. The van der Waals surface area contributed by atoms with Crippen LogP contribution in [-0.4, -0.2) is 53.8 Å². The topological polar surface area (TPSA) is 78.9 Å². The lowest BCUT2D eigenvalue weighted by Crippen LogP contribution is -2.56. The molecular formula is C13H22N2O4. The second-order valence-electron chi connectivity index (χ2n) is 5.74. The summed E-state index contributed by atoms with van der Waals surface area (Å²) in [7, 11) is 0. The Morgan fingerprint density at radius 1 is 1.42 bits per heavy atom. The average Bonchev–Trinajstić information content (AvgIpc) is 2.30. The van der Waals surface area contributed by atoms with Gasteiger partial charge in [0.25, 0.3) is 0 Å². The summed E-state index contributed by atoms with van der Waals surface area (Å²) in [6, 6.07) is -0.159. The number of rotatable bonds is 3. The van der Waals surface area contributed by atoms with Crippen molar-refractivity contribution in [1.29, 1.82) is 0 Å². The summed E-state index contributed by atoms with van der Waals surface area (Å²) in [4.78, 5) is 25.1. The first-order valence-corrected chi connectivity index (χ1v) is 6.84. The Hall–Kier alpha value is -1.30. The van der Waals surface area contributed by atoms with Gasteiger partial charge in [0.1, 0.15) is 0 Å². The van der Waals surface area contributed by atoms with Crippen molar-refractivity contribution in [2.45, 2.75) is 45.3 Å². The Balaban J connectivity index is 1.88. The van der Waals surface area contributed by atoms with E-state index in [1.54, 1.807) is 4.90 Å². The van der Waals surface area contributed by atoms with E-state index in [1.807, 2.05) is 13.8 Å². The predicted octanol–water partition coefficient (Wildman–Crippen LogP) is 1.06. The van der Waals surface area contributed by atoms with E-state index in [2.05, 4.69) is 5.32 Å². The SMILES string of the molecule is CC1CN(C(=O)NCC2(C(=O)O)CCC2)C(C)CO1. The van der Waals surface area contributed by atoms with E-state index >= 15 is 0 Å². The molecule has 2 N–H and O–H groups in total. The Morgan fingerprint density at radius 3 is 2.63 bits per heavy atom. The van der Waals surface area contributed by atoms with Crippen LogP contribution >= 0.6 is 0 Å². The van der Waals surface area contributed by atoms with E-state index in [4.69, 9.17) is 4.74 Å². The fourth-order valence-electron chi connectivity index (χ4n) is 2.60. The number of carboxylic acid groups (broad SMARTS) is 1. The minimum Gasteiger partial charge on any atom is -0.481 e. The van der Waals surface area contributed by atoms with E-state index in [9.17, 15) is 14.7 Å². The number of urea groups is 1. The predicted molar refractivity (Wildman–Crippen MR) is 68.9 cm³/mol. The summed E-state index contributed by atoms with van der Waals surface area (Å²) >= 11 is 0. The molecule has 0 spiro atoms. The molecule has 1 aliphatic carbocycles. The summed E-state index contributed by atoms with van der Waals surface area (Å²) in [5.41, 5.74) is -0.739. The average molecular weight is 270 g/mol. The first-order valence-electron chi connectivity index (χ1n) is 6.84. The molecule has 6 nitrogen and oxygen atoms in total. The number of morpholine rings is 1. The van der Waals surface area contributed by atoms with Gasteiger partial charge in [-0.2, -0.15) is 0 Å². The van der Waals surface area contributed by atoms with Gasteiger partial charge in [-0.15, -0.1) is 0 Å². The Morgan fingerprint density at radius 2 is 2.11 bits per heavy atom. The van der Waals surface area contributed by atoms with Crippen molar-refractivity contribution in [2.75, 3.05) is 19.7 Å². The van der Waals surface area contributed by atoms with E-state index < -0.39 is 11.4 Å². The molecule has 0 aromatic carbocycles. The highest BCUT2D eigenvalue weighted by molar-refractivity contribution is 5.79. The van der Waals surface area contributed by atoms with Gasteiger partial charge in [-0.05, 0) is 26.7 Å². The molecule has 2 rings (SSSR count). The molecule has 2 atom stereocenters. The molecule has 108 valence electrons. The van der Waals surface area contributed by atoms with Crippen LogP contribution in [0.5, 0.6) is 0 Å². The van der Waals surface area contributed by atoms with Crippen LogP contribution in [0.15, 0.2) is 0 Å². The molecule has 0 radical (unpaired) electrons. The van der Waals surface area contributed by atoms with Crippen molar-refractivity contribution in [3.8, 4) is 0 Å². The van der Waals surface area contributed by atoms with Crippen molar-refractivity contribution in [3.63, 3.8) is 0 Å². The molecule has 6 heteroatoms.